The Hall–Kier alpha value is -0.910. The Labute approximate surface area is 129 Å². The molecule has 0 bridgehead atoms. The molecule has 0 aliphatic carbocycles. The van der Waals surface area contributed by atoms with Gasteiger partial charge in [-0.3, -0.25) is 4.68 Å². The predicted molar refractivity (Wildman–Crippen MR) is 85.8 cm³/mol. The topological polar surface area (TPSA) is 48.3 Å². The third-order valence-corrected chi connectivity index (χ3v) is 3.80. The lowest BCUT2D eigenvalue weighted by atomic mass is 10.0. The monoisotopic (exact) mass is 297 g/mol. The van der Waals surface area contributed by atoms with Crippen LogP contribution in [-0.4, -0.2) is 43.8 Å². The minimum absolute atomic E-state index is 0.349. The first-order valence-electron chi connectivity index (χ1n) is 8.01. The van der Waals surface area contributed by atoms with Gasteiger partial charge in [-0.1, -0.05) is 13.8 Å². The lowest BCUT2D eigenvalue weighted by Gasteiger charge is -2.13. The zero-order valence-corrected chi connectivity index (χ0v) is 14.2. The second-order valence-corrected chi connectivity index (χ2v) is 5.21. The summed E-state index contributed by atoms with van der Waals surface area (Å²) in [6.45, 7) is 9.57. The van der Waals surface area contributed by atoms with Gasteiger partial charge in [0.05, 0.1) is 18.9 Å². The molecule has 0 aliphatic heterocycles. The number of methoxy groups -OCH3 is 1. The molecule has 1 aromatic heterocycles. The molecular formula is C16H31N3O2. The highest BCUT2D eigenvalue weighted by Crippen LogP contribution is 2.23. The van der Waals surface area contributed by atoms with E-state index in [0.29, 0.717) is 19.3 Å². The third kappa shape index (κ3) is 5.09. The number of aromatic nitrogens is 2. The first-order chi connectivity index (χ1) is 10.2. The van der Waals surface area contributed by atoms with E-state index in [1.54, 1.807) is 7.11 Å². The normalized spacial score (nSPS) is 12.8. The van der Waals surface area contributed by atoms with Crippen LogP contribution in [0.2, 0.25) is 0 Å². The van der Waals surface area contributed by atoms with Gasteiger partial charge in [-0.15, -0.1) is 0 Å². The molecule has 0 saturated heterocycles. The van der Waals surface area contributed by atoms with Crippen LogP contribution in [-0.2, 0) is 28.9 Å². The van der Waals surface area contributed by atoms with Crippen LogP contribution in [0, 0.1) is 0 Å². The van der Waals surface area contributed by atoms with Crippen molar-refractivity contribution in [3.05, 3.63) is 17.0 Å². The Morgan fingerprint density at radius 2 is 1.95 bits per heavy atom. The maximum Gasteiger partial charge on any atom is 0.0700 e. The third-order valence-electron chi connectivity index (χ3n) is 3.80. The molecule has 21 heavy (non-hydrogen) atoms. The zero-order valence-electron chi connectivity index (χ0n) is 14.2. The molecule has 0 amide bonds. The van der Waals surface area contributed by atoms with Gasteiger partial charge in [0.2, 0.25) is 0 Å². The first-order valence-corrected chi connectivity index (χ1v) is 8.01. The molecule has 1 rings (SSSR count). The van der Waals surface area contributed by atoms with Crippen molar-refractivity contribution in [3.8, 4) is 0 Å². The van der Waals surface area contributed by atoms with Gasteiger partial charge in [0.15, 0.2) is 0 Å². The molecule has 5 nitrogen and oxygen atoms in total. The molecular weight excluding hydrogens is 266 g/mol. The van der Waals surface area contributed by atoms with E-state index in [-0.39, 0.29) is 0 Å². The largest absolute Gasteiger partial charge is 0.382 e. The van der Waals surface area contributed by atoms with E-state index < -0.39 is 0 Å². The molecule has 0 aliphatic rings. The zero-order chi connectivity index (χ0) is 15.7. The number of hydrogen-bond acceptors (Lipinski definition) is 4. The average Bonchev–Trinajstić information content (AvgIpc) is 2.87. The van der Waals surface area contributed by atoms with Crippen LogP contribution in [0.1, 0.15) is 50.2 Å². The average molecular weight is 297 g/mol. The quantitative estimate of drug-likeness (QED) is 0.637. The van der Waals surface area contributed by atoms with E-state index in [0.717, 1.165) is 32.4 Å². The van der Waals surface area contributed by atoms with E-state index in [9.17, 15) is 0 Å². The molecule has 1 N–H and O–H groups in total. The Morgan fingerprint density at radius 1 is 1.19 bits per heavy atom. The molecule has 0 spiro atoms. The minimum atomic E-state index is 0.349. The van der Waals surface area contributed by atoms with Crippen LogP contribution in [0.3, 0.4) is 0 Å². The Morgan fingerprint density at radius 3 is 2.52 bits per heavy atom. The van der Waals surface area contributed by atoms with Gasteiger partial charge in [-0.25, -0.2) is 0 Å². The number of hydrogen-bond donors (Lipinski definition) is 1. The molecule has 0 saturated carbocycles. The number of nitrogens with zero attached hydrogens (tertiary/aromatic N) is 2. The van der Waals surface area contributed by atoms with Crippen molar-refractivity contribution in [1.29, 1.82) is 0 Å². The number of aryl methyl sites for hydroxylation is 2. The molecule has 0 radical (unpaired) electrons. The molecule has 5 heteroatoms. The fraction of sp³-hybridized carbons (Fsp3) is 0.812. The van der Waals surface area contributed by atoms with E-state index >= 15 is 0 Å². The van der Waals surface area contributed by atoms with Crippen LogP contribution in [0.25, 0.3) is 0 Å². The maximum absolute atomic E-state index is 5.52. The summed E-state index contributed by atoms with van der Waals surface area (Å²) < 4.78 is 12.7. The van der Waals surface area contributed by atoms with Crippen molar-refractivity contribution in [2.24, 2.45) is 0 Å². The molecule has 0 aromatic carbocycles. The summed E-state index contributed by atoms with van der Waals surface area (Å²) in [5, 5.41) is 8.14. The van der Waals surface area contributed by atoms with E-state index in [1.165, 1.54) is 17.0 Å². The smallest absolute Gasteiger partial charge is 0.0700 e. The lowest BCUT2D eigenvalue weighted by molar-refractivity contribution is 0.0676. The Balaban J connectivity index is 2.67. The van der Waals surface area contributed by atoms with Crippen molar-refractivity contribution in [3.63, 3.8) is 0 Å². The summed E-state index contributed by atoms with van der Waals surface area (Å²) in [5.74, 6) is 0. The number of rotatable bonds is 11. The first kappa shape index (κ1) is 18.1. The molecule has 1 aromatic rings. The van der Waals surface area contributed by atoms with Gasteiger partial charge in [-0.05, 0) is 33.2 Å². The van der Waals surface area contributed by atoms with Crippen molar-refractivity contribution in [1.82, 2.24) is 15.1 Å². The van der Waals surface area contributed by atoms with Gasteiger partial charge >= 0.3 is 0 Å². The Kier molecular flexibility index (Phi) is 8.57. The van der Waals surface area contributed by atoms with Crippen LogP contribution in [0.4, 0.5) is 0 Å². The molecule has 0 fully saturated rings. The highest BCUT2D eigenvalue weighted by molar-refractivity contribution is 5.30. The van der Waals surface area contributed by atoms with E-state index in [4.69, 9.17) is 14.6 Å². The van der Waals surface area contributed by atoms with Crippen molar-refractivity contribution in [2.75, 3.05) is 34.0 Å². The van der Waals surface area contributed by atoms with E-state index in [1.807, 2.05) is 7.05 Å². The van der Waals surface area contributed by atoms with Gasteiger partial charge < -0.3 is 14.8 Å². The second kappa shape index (κ2) is 9.92. The van der Waals surface area contributed by atoms with Crippen molar-refractivity contribution < 1.29 is 9.47 Å². The van der Waals surface area contributed by atoms with Gasteiger partial charge in [0.1, 0.15) is 0 Å². The highest BCUT2D eigenvalue weighted by Gasteiger charge is 2.19. The lowest BCUT2D eigenvalue weighted by Crippen LogP contribution is -2.16. The van der Waals surface area contributed by atoms with Gasteiger partial charge in [0.25, 0.3) is 0 Å². The van der Waals surface area contributed by atoms with E-state index in [2.05, 4.69) is 30.8 Å². The van der Waals surface area contributed by atoms with Gasteiger partial charge in [0, 0.05) is 37.6 Å². The van der Waals surface area contributed by atoms with Crippen molar-refractivity contribution in [2.45, 2.75) is 52.6 Å². The van der Waals surface area contributed by atoms with Crippen LogP contribution in [0.5, 0.6) is 0 Å². The second-order valence-electron chi connectivity index (χ2n) is 5.21. The summed E-state index contributed by atoms with van der Waals surface area (Å²) in [5.41, 5.74) is 3.95. The summed E-state index contributed by atoms with van der Waals surface area (Å²) in [6, 6.07) is 0.349. The van der Waals surface area contributed by atoms with Crippen LogP contribution < -0.4 is 5.32 Å². The molecule has 122 valence electrons. The minimum Gasteiger partial charge on any atom is -0.382 e. The Bertz CT molecular complexity index is 404. The SMILES string of the molecule is CCc1nn(CCCOCCOC)c(CC)c1C(C)NC. The highest BCUT2D eigenvalue weighted by atomic mass is 16.5. The van der Waals surface area contributed by atoms with Crippen LogP contribution in [0.15, 0.2) is 0 Å². The summed E-state index contributed by atoms with van der Waals surface area (Å²) in [4.78, 5) is 0. The van der Waals surface area contributed by atoms with Gasteiger partial charge in [-0.2, -0.15) is 5.10 Å². The summed E-state index contributed by atoms with van der Waals surface area (Å²) in [7, 11) is 3.70. The number of nitrogens with one attached hydrogen (secondary N) is 1. The predicted octanol–water partition coefficient (Wildman–Crippen LogP) is 2.34. The maximum atomic E-state index is 5.52. The molecule has 1 atom stereocenters. The summed E-state index contributed by atoms with van der Waals surface area (Å²) in [6.07, 6.45) is 2.97. The van der Waals surface area contributed by atoms with Crippen molar-refractivity contribution >= 4 is 0 Å². The molecule has 1 unspecified atom stereocenters. The number of ether oxygens (including phenoxy) is 2. The van der Waals surface area contributed by atoms with Crippen LogP contribution >= 0.6 is 0 Å². The fourth-order valence-corrected chi connectivity index (χ4v) is 2.59. The standard InChI is InChI=1S/C16H31N3O2/c1-6-14-16(13(3)17-4)15(7-2)19(18-14)9-8-10-21-12-11-20-5/h13,17H,6-12H2,1-5H3. The fourth-order valence-electron chi connectivity index (χ4n) is 2.59. The summed E-state index contributed by atoms with van der Waals surface area (Å²) >= 11 is 0. The molecule has 1 heterocycles.